The first kappa shape index (κ1) is 13.3. The molecular weight excluding hydrogens is 234 g/mol. The average Bonchev–Trinajstić information content (AvgIpc) is 2.49. The number of rotatable bonds is 5. The summed E-state index contributed by atoms with van der Waals surface area (Å²) in [6.45, 7) is 2.73. The monoisotopic (exact) mass is 251 g/mol. The second-order valence-electron chi connectivity index (χ2n) is 4.50. The maximum absolute atomic E-state index is 9.26. The molecule has 0 aliphatic heterocycles. The molecule has 1 N–H and O–H groups in total. The summed E-state index contributed by atoms with van der Waals surface area (Å²) in [5.41, 5.74) is 2.24. The average molecular weight is 251 g/mol. The molecule has 0 aliphatic rings. The molecule has 3 heteroatoms. The largest absolute Gasteiger partial charge is 0.309 e. The fourth-order valence-electron chi connectivity index (χ4n) is 1.99. The second-order valence-corrected chi connectivity index (χ2v) is 4.50. The van der Waals surface area contributed by atoms with Gasteiger partial charge in [-0.3, -0.25) is 4.98 Å². The molecule has 96 valence electrons. The Morgan fingerprint density at radius 1 is 1.11 bits per heavy atom. The van der Waals surface area contributed by atoms with Crippen LogP contribution in [-0.4, -0.2) is 11.5 Å². The molecule has 1 aromatic heterocycles. The molecule has 2 aromatic rings. The Bertz CT molecular complexity index is 531. The van der Waals surface area contributed by atoms with E-state index in [0.29, 0.717) is 6.54 Å². The zero-order valence-corrected chi connectivity index (χ0v) is 11.0. The van der Waals surface area contributed by atoms with Crippen molar-refractivity contribution in [1.29, 1.82) is 5.26 Å². The molecule has 0 fully saturated rings. The van der Waals surface area contributed by atoms with Crippen molar-refractivity contribution in [3.63, 3.8) is 0 Å². The zero-order valence-electron chi connectivity index (χ0n) is 11.0. The van der Waals surface area contributed by atoms with Crippen LogP contribution in [0.1, 0.15) is 30.0 Å². The highest BCUT2D eigenvalue weighted by Crippen LogP contribution is 2.16. The van der Waals surface area contributed by atoms with Crippen molar-refractivity contribution >= 4 is 0 Å². The number of pyridine rings is 1. The van der Waals surface area contributed by atoms with Crippen molar-refractivity contribution in [1.82, 2.24) is 10.3 Å². The fourth-order valence-corrected chi connectivity index (χ4v) is 1.99. The van der Waals surface area contributed by atoms with Crippen LogP contribution in [0.15, 0.2) is 54.9 Å². The van der Waals surface area contributed by atoms with Crippen molar-refractivity contribution in [2.75, 3.05) is 6.54 Å². The van der Waals surface area contributed by atoms with E-state index in [1.54, 1.807) is 12.4 Å². The van der Waals surface area contributed by atoms with Gasteiger partial charge in [-0.15, -0.1) is 0 Å². The molecule has 19 heavy (non-hydrogen) atoms. The quantitative estimate of drug-likeness (QED) is 0.888. The topological polar surface area (TPSA) is 48.7 Å². The number of nitriles is 1. The van der Waals surface area contributed by atoms with Crippen LogP contribution in [0.5, 0.6) is 0 Å². The van der Waals surface area contributed by atoms with Crippen LogP contribution in [0.3, 0.4) is 0 Å². The Morgan fingerprint density at radius 3 is 2.42 bits per heavy atom. The van der Waals surface area contributed by atoms with Crippen LogP contribution >= 0.6 is 0 Å². The van der Waals surface area contributed by atoms with Gasteiger partial charge in [0.15, 0.2) is 0 Å². The first-order chi connectivity index (χ1) is 9.31. The molecule has 0 bridgehead atoms. The standard InChI is InChI=1S/C16H17N3/c1-13(14-7-9-18-10-8-14)19-12-16(11-17)15-5-3-2-4-6-15/h2-10,13,16,19H,12H2,1H3/t13-,16?/m0/s1. The van der Waals surface area contributed by atoms with E-state index in [4.69, 9.17) is 0 Å². The van der Waals surface area contributed by atoms with Gasteiger partial charge in [-0.2, -0.15) is 5.26 Å². The van der Waals surface area contributed by atoms with Crippen LogP contribution in [-0.2, 0) is 0 Å². The molecule has 0 spiro atoms. The maximum Gasteiger partial charge on any atom is 0.0837 e. The van der Waals surface area contributed by atoms with Gasteiger partial charge in [-0.25, -0.2) is 0 Å². The fraction of sp³-hybridized carbons (Fsp3) is 0.250. The van der Waals surface area contributed by atoms with Gasteiger partial charge in [0.05, 0.1) is 12.0 Å². The van der Waals surface area contributed by atoms with E-state index in [9.17, 15) is 5.26 Å². The van der Waals surface area contributed by atoms with Crippen molar-refractivity contribution in [2.45, 2.75) is 18.9 Å². The molecule has 0 radical (unpaired) electrons. The molecule has 1 unspecified atom stereocenters. The van der Waals surface area contributed by atoms with Crippen molar-refractivity contribution in [3.8, 4) is 6.07 Å². The third kappa shape index (κ3) is 3.64. The van der Waals surface area contributed by atoms with E-state index < -0.39 is 0 Å². The number of aromatic nitrogens is 1. The maximum atomic E-state index is 9.26. The Balaban J connectivity index is 1.96. The number of nitrogens with one attached hydrogen (secondary N) is 1. The molecule has 1 aromatic carbocycles. The van der Waals surface area contributed by atoms with E-state index in [2.05, 4.69) is 23.3 Å². The molecule has 2 atom stereocenters. The molecule has 0 aliphatic carbocycles. The van der Waals surface area contributed by atoms with Gasteiger partial charge in [0.1, 0.15) is 0 Å². The van der Waals surface area contributed by atoms with Crippen LogP contribution in [0.2, 0.25) is 0 Å². The van der Waals surface area contributed by atoms with Crippen LogP contribution < -0.4 is 5.32 Å². The van der Waals surface area contributed by atoms with Gasteiger partial charge in [0.2, 0.25) is 0 Å². The van der Waals surface area contributed by atoms with E-state index in [1.165, 1.54) is 5.56 Å². The van der Waals surface area contributed by atoms with Gasteiger partial charge in [-0.05, 0) is 30.2 Å². The van der Waals surface area contributed by atoms with Crippen molar-refractivity contribution in [3.05, 3.63) is 66.0 Å². The summed E-state index contributed by atoms with van der Waals surface area (Å²) >= 11 is 0. The number of benzene rings is 1. The lowest BCUT2D eigenvalue weighted by Crippen LogP contribution is -2.24. The lowest BCUT2D eigenvalue weighted by Gasteiger charge is -2.16. The summed E-state index contributed by atoms with van der Waals surface area (Å²) in [5.74, 6) is -0.120. The van der Waals surface area contributed by atoms with Crippen LogP contribution in [0.25, 0.3) is 0 Å². The highest BCUT2D eigenvalue weighted by molar-refractivity contribution is 5.25. The molecule has 0 saturated heterocycles. The lowest BCUT2D eigenvalue weighted by molar-refractivity contribution is 0.557. The van der Waals surface area contributed by atoms with Gasteiger partial charge in [0.25, 0.3) is 0 Å². The van der Waals surface area contributed by atoms with Gasteiger partial charge in [-0.1, -0.05) is 30.3 Å². The Kier molecular flexibility index (Phi) is 4.66. The summed E-state index contributed by atoms with van der Waals surface area (Å²) in [7, 11) is 0. The highest BCUT2D eigenvalue weighted by Gasteiger charge is 2.12. The van der Waals surface area contributed by atoms with Crippen LogP contribution in [0.4, 0.5) is 0 Å². The van der Waals surface area contributed by atoms with Gasteiger partial charge in [0, 0.05) is 25.0 Å². The number of hydrogen-bond acceptors (Lipinski definition) is 3. The molecule has 0 saturated carbocycles. The third-order valence-corrected chi connectivity index (χ3v) is 3.19. The highest BCUT2D eigenvalue weighted by atomic mass is 14.9. The first-order valence-electron chi connectivity index (χ1n) is 6.39. The number of nitrogens with zero attached hydrogens (tertiary/aromatic N) is 2. The minimum absolute atomic E-state index is 0.120. The van der Waals surface area contributed by atoms with Crippen LogP contribution in [0, 0.1) is 11.3 Å². The summed E-state index contributed by atoms with van der Waals surface area (Å²) in [6, 6.07) is 16.4. The number of hydrogen-bond donors (Lipinski definition) is 1. The summed E-state index contributed by atoms with van der Waals surface area (Å²) in [5, 5.41) is 12.7. The predicted molar refractivity (Wildman–Crippen MR) is 75.5 cm³/mol. The second kappa shape index (κ2) is 6.67. The SMILES string of the molecule is C[C@H](NCC(C#N)c1ccccc1)c1ccncc1. The minimum atomic E-state index is -0.120. The molecule has 3 nitrogen and oxygen atoms in total. The van der Waals surface area contributed by atoms with Gasteiger partial charge < -0.3 is 5.32 Å². The van der Waals surface area contributed by atoms with E-state index in [0.717, 1.165) is 5.56 Å². The summed E-state index contributed by atoms with van der Waals surface area (Å²) in [4.78, 5) is 4.01. The minimum Gasteiger partial charge on any atom is -0.309 e. The Hall–Kier alpha value is -2.18. The normalized spacial score (nSPS) is 13.5. The summed E-state index contributed by atoms with van der Waals surface area (Å²) in [6.07, 6.45) is 3.57. The smallest absolute Gasteiger partial charge is 0.0837 e. The van der Waals surface area contributed by atoms with Gasteiger partial charge >= 0.3 is 0 Å². The van der Waals surface area contributed by atoms with Crippen molar-refractivity contribution < 1.29 is 0 Å². The zero-order chi connectivity index (χ0) is 13.5. The molecular formula is C16H17N3. The van der Waals surface area contributed by atoms with E-state index in [1.807, 2.05) is 42.5 Å². The lowest BCUT2D eigenvalue weighted by atomic mass is 10.00. The Morgan fingerprint density at radius 2 is 1.79 bits per heavy atom. The molecule has 1 heterocycles. The van der Waals surface area contributed by atoms with E-state index >= 15 is 0 Å². The predicted octanol–water partition coefficient (Wildman–Crippen LogP) is 3.04. The van der Waals surface area contributed by atoms with Crippen molar-refractivity contribution in [2.24, 2.45) is 0 Å². The Labute approximate surface area is 113 Å². The summed E-state index contributed by atoms with van der Waals surface area (Å²) < 4.78 is 0. The first-order valence-corrected chi connectivity index (χ1v) is 6.39. The third-order valence-electron chi connectivity index (χ3n) is 3.19. The molecule has 2 rings (SSSR count). The molecule has 0 amide bonds. The van der Waals surface area contributed by atoms with E-state index in [-0.39, 0.29) is 12.0 Å².